The number of hydrogen-bond acceptors (Lipinski definition) is 3. The van der Waals surface area contributed by atoms with Crippen molar-refractivity contribution in [2.75, 3.05) is 0 Å². The third-order valence-electron chi connectivity index (χ3n) is 7.37. The number of hydrogen-bond donors (Lipinski definition) is 1. The Morgan fingerprint density at radius 1 is 0.575 bits per heavy atom. The van der Waals surface area contributed by atoms with Crippen molar-refractivity contribution < 1.29 is 19.4 Å². The minimum absolute atomic E-state index is 0.0195. The molecule has 0 amide bonds. The highest BCUT2D eigenvalue weighted by atomic mass is 16.5. The largest absolute Gasteiger partial charge is 0.481 e. The van der Waals surface area contributed by atoms with Crippen LogP contribution in [-0.4, -0.2) is 23.1 Å². The molecule has 0 saturated carbocycles. The molecule has 232 valence electrons. The maximum absolute atomic E-state index is 12.1. The molecule has 0 spiro atoms. The molecule has 0 aliphatic carbocycles. The lowest BCUT2D eigenvalue weighted by atomic mass is 10.0. The fraction of sp³-hybridized carbons (Fsp3) is 0.778. The zero-order chi connectivity index (χ0) is 29.4. The van der Waals surface area contributed by atoms with E-state index >= 15 is 0 Å². The lowest BCUT2D eigenvalue weighted by Gasteiger charge is -2.13. The van der Waals surface area contributed by atoms with Crippen molar-refractivity contribution in [2.24, 2.45) is 0 Å². The summed E-state index contributed by atoms with van der Waals surface area (Å²) >= 11 is 0. The molecule has 0 aromatic heterocycles. The second-order valence-electron chi connectivity index (χ2n) is 11.4. The fourth-order valence-electron chi connectivity index (χ4n) is 4.88. The summed E-state index contributed by atoms with van der Waals surface area (Å²) in [7, 11) is 0. The topological polar surface area (TPSA) is 63.6 Å². The molecule has 0 radical (unpaired) electrons. The molecule has 0 fully saturated rings. The number of esters is 1. The summed E-state index contributed by atoms with van der Waals surface area (Å²) in [6, 6.07) is 0. The van der Waals surface area contributed by atoms with Gasteiger partial charge in [-0.3, -0.25) is 9.59 Å². The molecular weight excluding hydrogens is 496 g/mol. The van der Waals surface area contributed by atoms with Crippen molar-refractivity contribution in [3.05, 3.63) is 36.5 Å². The van der Waals surface area contributed by atoms with E-state index in [0.29, 0.717) is 12.8 Å². The van der Waals surface area contributed by atoms with Crippen molar-refractivity contribution in [2.45, 2.75) is 180 Å². The molecule has 0 saturated heterocycles. The van der Waals surface area contributed by atoms with Crippen LogP contribution >= 0.6 is 0 Å². The normalized spacial score (nSPS) is 12.7. The third-order valence-corrected chi connectivity index (χ3v) is 7.37. The smallest absolute Gasteiger partial charge is 0.306 e. The molecule has 0 aromatic rings. The number of carbonyl (C=O) groups excluding carboxylic acids is 1. The molecule has 0 bridgehead atoms. The van der Waals surface area contributed by atoms with Crippen LogP contribution in [0.25, 0.3) is 0 Å². The van der Waals surface area contributed by atoms with E-state index in [1.807, 2.05) is 6.92 Å². The molecule has 40 heavy (non-hydrogen) atoms. The highest BCUT2D eigenvalue weighted by Crippen LogP contribution is 2.15. The highest BCUT2D eigenvalue weighted by Gasteiger charge is 2.09. The molecule has 1 N–H and O–H groups in total. The lowest BCUT2D eigenvalue weighted by molar-refractivity contribution is -0.148. The number of carboxylic acids is 1. The van der Waals surface area contributed by atoms with Crippen LogP contribution in [-0.2, 0) is 14.3 Å². The van der Waals surface area contributed by atoms with Gasteiger partial charge in [0.25, 0.3) is 0 Å². The summed E-state index contributed by atoms with van der Waals surface area (Å²) in [5.41, 5.74) is 0. The second kappa shape index (κ2) is 31.7. The second-order valence-corrected chi connectivity index (χ2v) is 11.4. The minimum Gasteiger partial charge on any atom is -0.481 e. The van der Waals surface area contributed by atoms with Crippen LogP contribution in [0.1, 0.15) is 174 Å². The standard InChI is InChI=1S/C36H64O4/c1-3-4-5-6-7-8-9-10-11-15-18-21-24-27-30-33-36(39)40-34(2)31-28-25-22-19-16-13-12-14-17-20-23-26-29-32-35(37)38/h4-5,7-8,10-11,34H,3,6,9,12-33H2,1-2H3,(H,37,38)/b5-4-,8-7-,11-10-. The summed E-state index contributed by atoms with van der Waals surface area (Å²) in [6.07, 6.45) is 41.3. The van der Waals surface area contributed by atoms with E-state index in [1.165, 1.54) is 83.5 Å². The molecule has 4 nitrogen and oxygen atoms in total. The van der Waals surface area contributed by atoms with Crippen LogP contribution in [0, 0.1) is 0 Å². The Labute approximate surface area is 248 Å². The van der Waals surface area contributed by atoms with Crippen molar-refractivity contribution in [3.8, 4) is 0 Å². The zero-order valence-electron chi connectivity index (χ0n) is 26.4. The first-order valence-corrected chi connectivity index (χ1v) is 16.9. The van der Waals surface area contributed by atoms with Gasteiger partial charge in [-0.2, -0.15) is 0 Å². The summed E-state index contributed by atoms with van der Waals surface area (Å²) in [5, 5.41) is 8.63. The van der Waals surface area contributed by atoms with E-state index in [-0.39, 0.29) is 12.1 Å². The molecule has 1 unspecified atom stereocenters. The zero-order valence-corrected chi connectivity index (χ0v) is 26.4. The van der Waals surface area contributed by atoms with E-state index in [0.717, 1.165) is 64.2 Å². The number of carboxylic acid groups (broad SMARTS) is 1. The Hall–Kier alpha value is -1.84. The van der Waals surface area contributed by atoms with Gasteiger partial charge in [-0.05, 0) is 64.7 Å². The van der Waals surface area contributed by atoms with Gasteiger partial charge < -0.3 is 9.84 Å². The predicted molar refractivity (Wildman–Crippen MR) is 172 cm³/mol. The van der Waals surface area contributed by atoms with Crippen LogP contribution in [0.4, 0.5) is 0 Å². The Bertz CT molecular complexity index is 649. The highest BCUT2D eigenvalue weighted by molar-refractivity contribution is 5.69. The molecule has 0 heterocycles. The van der Waals surface area contributed by atoms with Crippen molar-refractivity contribution in [1.82, 2.24) is 0 Å². The Balaban J connectivity index is 3.37. The van der Waals surface area contributed by atoms with Gasteiger partial charge >= 0.3 is 11.9 Å². The first-order valence-electron chi connectivity index (χ1n) is 16.9. The van der Waals surface area contributed by atoms with Crippen LogP contribution in [0.15, 0.2) is 36.5 Å². The SMILES string of the molecule is CC/C=C\C/C=C\C/C=C\CCCCCCCC(=O)OC(C)CCCCCCCCCCCCCCCC(=O)O. The molecule has 4 heteroatoms. The van der Waals surface area contributed by atoms with Gasteiger partial charge in [-0.25, -0.2) is 0 Å². The quantitative estimate of drug-likeness (QED) is 0.0539. The van der Waals surface area contributed by atoms with Crippen molar-refractivity contribution in [3.63, 3.8) is 0 Å². The van der Waals surface area contributed by atoms with Gasteiger partial charge in [0.15, 0.2) is 0 Å². The first kappa shape index (κ1) is 38.2. The molecule has 0 rings (SSSR count). The lowest BCUT2D eigenvalue weighted by Crippen LogP contribution is -2.14. The van der Waals surface area contributed by atoms with E-state index < -0.39 is 5.97 Å². The minimum atomic E-state index is -0.671. The van der Waals surface area contributed by atoms with Gasteiger partial charge in [0, 0.05) is 12.8 Å². The number of ether oxygens (including phenoxy) is 1. The van der Waals surface area contributed by atoms with E-state index in [2.05, 4.69) is 43.4 Å². The number of allylic oxidation sites excluding steroid dienone is 6. The van der Waals surface area contributed by atoms with Crippen LogP contribution < -0.4 is 0 Å². The van der Waals surface area contributed by atoms with E-state index in [4.69, 9.17) is 9.84 Å². The van der Waals surface area contributed by atoms with Crippen LogP contribution in [0.5, 0.6) is 0 Å². The Morgan fingerprint density at radius 3 is 1.52 bits per heavy atom. The molecule has 1 atom stereocenters. The molecular formula is C36H64O4. The maximum atomic E-state index is 12.1. The molecule has 0 aliphatic rings. The first-order chi connectivity index (χ1) is 19.6. The van der Waals surface area contributed by atoms with Gasteiger partial charge in [0.1, 0.15) is 0 Å². The Kier molecular flexibility index (Phi) is 30.2. The number of rotatable bonds is 30. The summed E-state index contributed by atoms with van der Waals surface area (Å²) in [5.74, 6) is -0.691. The van der Waals surface area contributed by atoms with Crippen LogP contribution in [0.2, 0.25) is 0 Å². The van der Waals surface area contributed by atoms with Gasteiger partial charge in [0.05, 0.1) is 6.10 Å². The average molecular weight is 561 g/mol. The van der Waals surface area contributed by atoms with E-state index in [1.54, 1.807) is 0 Å². The number of carbonyl (C=O) groups is 2. The summed E-state index contributed by atoms with van der Waals surface area (Å²) in [4.78, 5) is 22.6. The van der Waals surface area contributed by atoms with E-state index in [9.17, 15) is 9.59 Å². The Morgan fingerprint density at radius 2 is 1.00 bits per heavy atom. The van der Waals surface area contributed by atoms with Crippen molar-refractivity contribution >= 4 is 11.9 Å². The number of unbranched alkanes of at least 4 members (excludes halogenated alkanes) is 17. The summed E-state index contributed by atoms with van der Waals surface area (Å²) in [6.45, 7) is 4.20. The van der Waals surface area contributed by atoms with Gasteiger partial charge in [-0.15, -0.1) is 0 Å². The average Bonchev–Trinajstić information content (AvgIpc) is 2.92. The third kappa shape index (κ3) is 32.4. The predicted octanol–water partition coefficient (Wildman–Crippen LogP) is 11.4. The maximum Gasteiger partial charge on any atom is 0.306 e. The number of aliphatic carboxylic acids is 1. The van der Waals surface area contributed by atoms with Crippen LogP contribution in [0.3, 0.4) is 0 Å². The monoisotopic (exact) mass is 560 g/mol. The van der Waals surface area contributed by atoms with Gasteiger partial charge in [-0.1, -0.05) is 133 Å². The van der Waals surface area contributed by atoms with Gasteiger partial charge in [0.2, 0.25) is 0 Å². The molecule has 0 aliphatic heterocycles. The summed E-state index contributed by atoms with van der Waals surface area (Å²) < 4.78 is 5.61. The fourth-order valence-corrected chi connectivity index (χ4v) is 4.88. The van der Waals surface area contributed by atoms with Crippen molar-refractivity contribution in [1.29, 1.82) is 0 Å². The molecule has 0 aromatic carbocycles.